The van der Waals surface area contributed by atoms with Crippen LogP contribution in [0.5, 0.6) is 0 Å². The molecule has 8 rings (SSSR count). The summed E-state index contributed by atoms with van der Waals surface area (Å²) in [7, 11) is 1.32. The van der Waals surface area contributed by atoms with Gasteiger partial charge in [0.15, 0.2) is 30.6 Å². The SMILES string of the molecule is C=C(C)C(=O)COC(=O)c1ccc(C(=O)c2ccc(C(=O)OCC(=O)C(=C)C)c(C(=O)Nc3ccc(C(=O)OC45CC6CC(CC(COC(=O)c7ccc(C)cc7)(C6)C4)C5)cc3)c2)cc1C(=O)NC. The number of carbonyl (C=O) groups is 9. The molecular weight excluding hydrogens is 885 g/mol. The summed E-state index contributed by atoms with van der Waals surface area (Å²) in [6, 6.07) is 20.4. The average Bonchev–Trinajstić information content (AvgIpc) is 3.32. The van der Waals surface area contributed by atoms with Gasteiger partial charge in [0, 0.05) is 29.3 Å². The van der Waals surface area contributed by atoms with E-state index in [1.54, 1.807) is 12.1 Å². The molecule has 4 bridgehead atoms. The van der Waals surface area contributed by atoms with Crippen LogP contribution < -0.4 is 10.6 Å². The number of anilines is 1. The largest absolute Gasteiger partial charge is 0.462 e. The molecule has 0 heterocycles. The van der Waals surface area contributed by atoms with Crippen molar-refractivity contribution in [2.45, 2.75) is 64.9 Å². The molecule has 2 N–H and O–H groups in total. The van der Waals surface area contributed by atoms with Crippen molar-refractivity contribution < 1.29 is 62.1 Å². The third-order valence-electron chi connectivity index (χ3n) is 13.0. The standard InChI is InChI=1S/C54H52N2O13/c1-30(2)44(57)26-66-51(64)40-17-13-37(20-42(40)47(60)55-6)46(59)38-14-18-41(52(65)67-27-45(58)31(3)4)43(21-38)48(61)56-39-15-11-36(12-16-39)50(63)69-54-24-33-19-34(25-54)23-53(22-33,28-54)29-68-49(62)35-9-7-32(5)8-10-35/h7-18,20-21,33-34H,1,3,19,22-29H2,2,4-6H3,(H,55,60)(H,56,61). The fourth-order valence-corrected chi connectivity index (χ4v) is 9.86. The summed E-state index contributed by atoms with van der Waals surface area (Å²) in [5, 5.41) is 5.09. The summed E-state index contributed by atoms with van der Waals surface area (Å²) < 4.78 is 22.5. The van der Waals surface area contributed by atoms with Gasteiger partial charge in [-0.15, -0.1) is 0 Å². The normalized spacial score (nSPS) is 19.6. The number of nitrogens with one attached hydrogen (secondary N) is 2. The van der Waals surface area contributed by atoms with Crippen molar-refractivity contribution in [3.8, 4) is 0 Å². The number of esters is 4. The molecule has 4 saturated carbocycles. The summed E-state index contributed by atoms with van der Waals surface area (Å²) >= 11 is 0. The lowest BCUT2D eigenvalue weighted by Gasteiger charge is -2.60. The van der Waals surface area contributed by atoms with Gasteiger partial charge in [-0.1, -0.05) is 43.0 Å². The number of hydrogen-bond donors (Lipinski definition) is 2. The van der Waals surface area contributed by atoms with Gasteiger partial charge in [-0.3, -0.25) is 24.0 Å². The first-order valence-electron chi connectivity index (χ1n) is 22.4. The van der Waals surface area contributed by atoms with Crippen LogP contribution in [0, 0.1) is 24.2 Å². The first-order valence-corrected chi connectivity index (χ1v) is 22.4. The van der Waals surface area contributed by atoms with Crippen molar-refractivity contribution in [1.82, 2.24) is 5.32 Å². The molecule has 4 aromatic rings. The lowest BCUT2D eigenvalue weighted by Crippen LogP contribution is -2.58. The second kappa shape index (κ2) is 20.2. The maximum Gasteiger partial charge on any atom is 0.339 e. The van der Waals surface area contributed by atoms with Crippen molar-refractivity contribution in [3.63, 3.8) is 0 Å². The van der Waals surface area contributed by atoms with Gasteiger partial charge < -0.3 is 29.6 Å². The number of amides is 2. The zero-order valence-electron chi connectivity index (χ0n) is 38.8. The summed E-state index contributed by atoms with van der Waals surface area (Å²) in [6.07, 6.45) is 4.85. The first-order chi connectivity index (χ1) is 32.8. The van der Waals surface area contributed by atoms with Crippen molar-refractivity contribution in [1.29, 1.82) is 0 Å². The predicted octanol–water partition coefficient (Wildman–Crippen LogP) is 7.79. The van der Waals surface area contributed by atoms with Gasteiger partial charge in [-0.25, -0.2) is 19.2 Å². The number of rotatable bonds is 18. The van der Waals surface area contributed by atoms with Gasteiger partial charge in [0.05, 0.1) is 40.0 Å². The highest BCUT2D eigenvalue weighted by atomic mass is 16.6. The minimum absolute atomic E-state index is 0.0790. The van der Waals surface area contributed by atoms with Crippen molar-refractivity contribution in [2.75, 3.05) is 32.2 Å². The molecule has 2 unspecified atom stereocenters. The zero-order chi connectivity index (χ0) is 49.8. The van der Waals surface area contributed by atoms with Crippen LogP contribution in [0.3, 0.4) is 0 Å². The van der Waals surface area contributed by atoms with Crippen molar-refractivity contribution in [3.05, 3.63) is 159 Å². The van der Waals surface area contributed by atoms with Crippen LogP contribution in [-0.2, 0) is 28.5 Å². The topological polar surface area (TPSA) is 215 Å². The lowest BCUT2D eigenvalue weighted by molar-refractivity contribution is -0.177. The predicted molar refractivity (Wildman–Crippen MR) is 251 cm³/mol. The van der Waals surface area contributed by atoms with Gasteiger partial charge in [0.25, 0.3) is 11.8 Å². The molecule has 356 valence electrons. The van der Waals surface area contributed by atoms with E-state index in [0.29, 0.717) is 23.8 Å². The molecule has 15 nitrogen and oxygen atoms in total. The molecule has 4 aliphatic rings. The van der Waals surface area contributed by atoms with E-state index in [-0.39, 0.29) is 73.8 Å². The molecule has 4 aliphatic carbocycles. The molecule has 0 aliphatic heterocycles. The van der Waals surface area contributed by atoms with Crippen LogP contribution in [0.15, 0.2) is 109 Å². The second-order valence-corrected chi connectivity index (χ2v) is 18.5. The third-order valence-corrected chi connectivity index (χ3v) is 13.0. The summed E-state index contributed by atoms with van der Waals surface area (Å²) in [6.45, 7) is 10.9. The summed E-state index contributed by atoms with van der Waals surface area (Å²) in [5.41, 5.74) is 0.0383. The van der Waals surface area contributed by atoms with Crippen molar-refractivity contribution in [2.24, 2.45) is 17.3 Å². The molecule has 4 fully saturated rings. The third kappa shape index (κ3) is 11.2. The molecule has 0 aromatic heterocycles. The highest BCUT2D eigenvalue weighted by Gasteiger charge is 2.60. The number of Topliss-reactive ketones (excluding diaryl/α,β-unsaturated/α-hetero) is 2. The Morgan fingerprint density at radius 1 is 0.580 bits per heavy atom. The van der Waals surface area contributed by atoms with E-state index in [9.17, 15) is 43.2 Å². The number of benzene rings is 4. The zero-order valence-corrected chi connectivity index (χ0v) is 38.8. The van der Waals surface area contributed by atoms with Gasteiger partial charge in [-0.05, 0) is 143 Å². The second-order valence-electron chi connectivity index (χ2n) is 18.5. The van der Waals surface area contributed by atoms with Crippen LogP contribution in [-0.4, -0.2) is 85.5 Å². The lowest BCUT2D eigenvalue weighted by atomic mass is 9.48. The van der Waals surface area contributed by atoms with Crippen LogP contribution in [0.2, 0.25) is 0 Å². The molecule has 69 heavy (non-hydrogen) atoms. The quantitative estimate of drug-likeness (QED) is 0.0422. The Morgan fingerprint density at radius 2 is 1.06 bits per heavy atom. The Hall–Kier alpha value is -7.81. The number of aryl methyl sites for hydroxylation is 1. The Kier molecular flexibility index (Phi) is 14.4. The van der Waals surface area contributed by atoms with Gasteiger partial charge >= 0.3 is 23.9 Å². The highest BCUT2D eigenvalue weighted by molar-refractivity contribution is 6.16. The van der Waals surface area contributed by atoms with Gasteiger partial charge in [0.1, 0.15) is 5.60 Å². The Labute approximate surface area is 398 Å². The van der Waals surface area contributed by atoms with Crippen molar-refractivity contribution >= 4 is 58.7 Å². The summed E-state index contributed by atoms with van der Waals surface area (Å²) in [4.78, 5) is 118. The van der Waals surface area contributed by atoms with E-state index < -0.39 is 65.9 Å². The van der Waals surface area contributed by atoms with Crippen LogP contribution >= 0.6 is 0 Å². The minimum Gasteiger partial charge on any atom is -0.462 e. The van der Waals surface area contributed by atoms with Crippen LogP contribution in [0.1, 0.15) is 136 Å². The minimum atomic E-state index is -1.04. The Morgan fingerprint density at radius 3 is 1.57 bits per heavy atom. The van der Waals surface area contributed by atoms with E-state index in [1.165, 1.54) is 69.4 Å². The molecule has 15 heteroatoms. The van der Waals surface area contributed by atoms with E-state index in [4.69, 9.17) is 18.9 Å². The maximum atomic E-state index is 14.0. The fourth-order valence-electron chi connectivity index (χ4n) is 9.86. The van der Waals surface area contributed by atoms with Crippen LogP contribution in [0.25, 0.3) is 0 Å². The first kappa shape index (κ1) is 49.1. The Balaban J connectivity index is 1.08. The average molecular weight is 937 g/mol. The molecule has 2 amide bonds. The van der Waals surface area contributed by atoms with E-state index in [1.807, 2.05) is 19.1 Å². The molecular formula is C54H52N2O13. The van der Waals surface area contributed by atoms with E-state index in [2.05, 4.69) is 23.8 Å². The van der Waals surface area contributed by atoms with Gasteiger partial charge in [-0.2, -0.15) is 0 Å². The van der Waals surface area contributed by atoms with E-state index in [0.717, 1.165) is 49.8 Å². The van der Waals surface area contributed by atoms with E-state index >= 15 is 0 Å². The van der Waals surface area contributed by atoms with Crippen LogP contribution in [0.4, 0.5) is 5.69 Å². The smallest absolute Gasteiger partial charge is 0.339 e. The van der Waals surface area contributed by atoms with Gasteiger partial charge in [0.2, 0.25) is 0 Å². The highest BCUT2D eigenvalue weighted by Crippen LogP contribution is 2.63. The molecule has 0 radical (unpaired) electrons. The summed E-state index contributed by atoms with van der Waals surface area (Å²) in [5.74, 6) is -5.67. The number of hydrogen-bond acceptors (Lipinski definition) is 13. The molecule has 4 aromatic carbocycles. The number of carbonyl (C=O) groups excluding carboxylic acids is 9. The molecule has 0 saturated heterocycles. The molecule has 2 atom stereocenters. The monoisotopic (exact) mass is 936 g/mol. The number of ether oxygens (including phenoxy) is 4. The fraction of sp³-hybridized carbons (Fsp3) is 0.315. The Bertz CT molecular complexity index is 2810. The number of ketones is 3. The molecule has 0 spiro atoms. The maximum absolute atomic E-state index is 14.0.